The van der Waals surface area contributed by atoms with Crippen LogP contribution < -0.4 is 5.32 Å². The summed E-state index contributed by atoms with van der Waals surface area (Å²) in [6.45, 7) is 0. The molecule has 4 nitrogen and oxygen atoms in total. The molecule has 5 heteroatoms. The molecule has 1 aliphatic rings. The zero-order valence-corrected chi connectivity index (χ0v) is 13.1. The van der Waals surface area contributed by atoms with E-state index in [1.807, 2.05) is 30.3 Å². The summed E-state index contributed by atoms with van der Waals surface area (Å²) in [4.78, 5) is 17.4. The fourth-order valence-corrected chi connectivity index (χ4v) is 3.50. The first-order valence-electron chi connectivity index (χ1n) is 7.59. The maximum absolute atomic E-state index is 12.4. The van der Waals surface area contributed by atoms with Crippen LogP contribution in [-0.2, 0) is 0 Å². The first-order valence-corrected chi connectivity index (χ1v) is 8.40. The van der Waals surface area contributed by atoms with E-state index < -0.39 is 0 Å². The highest BCUT2D eigenvalue weighted by molar-refractivity contribution is 7.16. The molecule has 0 saturated heterocycles. The van der Waals surface area contributed by atoms with Crippen LogP contribution in [0.15, 0.2) is 36.5 Å². The molecule has 0 aliphatic heterocycles. The minimum Gasteiger partial charge on any atom is -0.348 e. The van der Waals surface area contributed by atoms with Crippen molar-refractivity contribution in [1.29, 1.82) is 5.41 Å². The van der Waals surface area contributed by atoms with E-state index in [-0.39, 0.29) is 11.9 Å². The number of rotatable bonds is 6. The molecule has 1 atom stereocenters. The second-order valence-corrected chi connectivity index (χ2v) is 6.64. The van der Waals surface area contributed by atoms with Crippen LogP contribution in [-0.4, -0.2) is 23.1 Å². The van der Waals surface area contributed by atoms with Crippen molar-refractivity contribution in [3.05, 3.63) is 41.4 Å². The van der Waals surface area contributed by atoms with Crippen LogP contribution in [0.1, 0.15) is 35.4 Å². The lowest BCUT2D eigenvalue weighted by Gasteiger charge is -2.33. The third kappa shape index (κ3) is 3.25. The normalized spacial score (nSPS) is 15.8. The Balaban J connectivity index is 1.69. The van der Waals surface area contributed by atoms with E-state index in [2.05, 4.69) is 10.3 Å². The lowest BCUT2D eigenvalue weighted by Crippen LogP contribution is -2.42. The average Bonchev–Trinajstić information content (AvgIpc) is 2.96. The highest BCUT2D eigenvalue weighted by Gasteiger charge is 2.28. The summed E-state index contributed by atoms with van der Waals surface area (Å²) in [5.74, 6) is 0.450. The van der Waals surface area contributed by atoms with E-state index in [1.54, 1.807) is 6.20 Å². The number of carbonyl (C=O) groups excluding carboxylic acids is 1. The molecule has 0 spiro atoms. The molecule has 0 radical (unpaired) electrons. The summed E-state index contributed by atoms with van der Waals surface area (Å²) in [6.07, 6.45) is 7.18. The van der Waals surface area contributed by atoms with Crippen molar-refractivity contribution in [3.8, 4) is 10.6 Å². The van der Waals surface area contributed by atoms with Crippen LogP contribution in [0.4, 0.5) is 0 Å². The Morgan fingerprint density at radius 2 is 2.18 bits per heavy atom. The highest BCUT2D eigenvalue weighted by Crippen LogP contribution is 2.31. The fraction of sp³-hybridized carbons (Fsp3) is 0.353. The number of amides is 1. The first kappa shape index (κ1) is 14.9. The summed E-state index contributed by atoms with van der Waals surface area (Å²) in [7, 11) is 0. The molecule has 2 aromatic rings. The molecule has 22 heavy (non-hydrogen) atoms. The largest absolute Gasteiger partial charge is 0.348 e. The van der Waals surface area contributed by atoms with Crippen molar-refractivity contribution in [1.82, 2.24) is 10.3 Å². The Kier molecular flexibility index (Phi) is 4.63. The van der Waals surface area contributed by atoms with Gasteiger partial charge in [-0.15, -0.1) is 11.3 Å². The quantitative estimate of drug-likeness (QED) is 0.798. The topological polar surface area (TPSA) is 65.8 Å². The van der Waals surface area contributed by atoms with Gasteiger partial charge in [0, 0.05) is 18.0 Å². The van der Waals surface area contributed by atoms with Gasteiger partial charge >= 0.3 is 0 Å². The van der Waals surface area contributed by atoms with E-state index in [1.165, 1.54) is 24.0 Å². The van der Waals surface area contributed by atoms with E-state index in [4.69, 9.17) is 5.41 Å². The van der Waals surface area contributed by atoms with Crippen LogP contribution in [0.5, 0.6) is 0 Å². The van der Waals surface area contributed by atoms with Gasteiger partial charge in [0.05, 0.1) is 6.20 Å². The molecular formula is C17H19N3OS. The minimum atomic E-state index is -0.0709. The second kappa shape index (κ2) is 6.83. The van der Waals surface area contributed by atoms with Gasteiger partial charge in [-0.25, -0.2) is 4.98 Å². The Bertz CT molecular complexity index is 649. The molecule has 2 N–H and O–H groups in total. The van der Waals surface area contributed by atoms with Crippen LogP contribution in [0.3, 0.4) is 0 Å². The molecule has 1 amide bonds. The van der Waals surface area contributed by atoms with Gasteiger partial charge in [-0.05, 0) is 25.0 Å². The van der Waals surface area contributed by atoms with E-state index in [0.717, 1.165) is 23.4 Å². The van der Waals surface area contributed by atoms with Crippen molar-refractivity contribution in [2.45, 2.75) is 31.7 Å². The predicted octanol–water partition coefficient (Wildman–Crippen LogP) is 3.75. The van der Waals surface area contributed by atoms with Crippen molar-refractivity contribution in [3.63, 3.8) is 0 Å². The number of hydrogen-bond acceptors (Lipinski definition) is 4. The Morgan fingerprint density at radius 1 is 1.41 bits per heavy atom. The van der Waals surface area contributed by atoms with Crippen LogP contribution >= 0.6 is 11.3 Å². The van der Waals surface area contributed by atoms with Crippen LogP contribution in [0.2, 0.25) is 0 Å². The molecule has 1 fully saturated rings. The summed E-state index contributed by atoms with van der Waals surface area (Å²) < 4.78 is 0. The van der Waals surface area contributed by atoms with E-state index >= 15 is 0 Å². The Morgan fingerprint density at radius 3 is 2.82 bits per heavy atom. The number of nitrogens with one attached hydrogen (secondary N) is 2. The molecule has 0 bridgehead atoms. The molecule has 3 rings (SSSR count). The summed E-state index contributed by atoms with van der Waals surface area (Å²) in [6, 6.07) is 9.96. The van der Waals surface area contributed by atoms with Gasteiger partial charge in [0.25, 0.3) is 5.91 Å². The zero-order chi connectivity index (χ0) is 15.4. The first-order chi connectivity index (χ1) is 10.8. The monoisotopic (exact) mass is 313 g/mol. The molecule has 1 aromatic carbocycles. The average molecular weight is 313 g/mol. The summed E-state index contributed by atoms with van der Waals surface area (Å²) in [5, 5.41) is 11.2. The highest BCUT2D eigenvalue weighted by atomic mass is 32.1. The number of nitrogens with zero attached hydrogens (tertiary/aromatic N) is 1. The van der Waals surface area contributed by atoms with Gasteiger partial charge in [0.15, 0.2) is 0 Å². The van der Waals surface area contributed by atoms with E-state index in [9.17, 15) is 4.79 Å². The van der Waals surface area contributed by atoms with Gasteiger partial charge in [-0.3, -0.25) is 4.79 Å². The molecule has 1 aliphatic carbocycles. The maximum Gasteiger partial charge on any atom is 0.263 e. The lowest BCUT2D eigenvalue weighted by molar-refractivity contribution is 0.0908. The van der Waals surface area contributed by atoms with E-state index in [0.29, 0.717) is 17.2 Å². The van der Waals surface area contributed by atoms with Crippen molar-refractivity contribution in [2.75, 3.05) is 0 Å². The van der Waals surface area contributed by atoms with Gasteiger partial charge in [-0.2, -0.15) is 0 Å². The van der Waals surface area contributed by atoms with Crippen molar-refractivity contribution < 1.29 is 4.79 Å². The van der Waals surface area contributed by atoms with Crippen LogP contribution in [0, 0.1) is 11.3 Å². The lowest BCUT2D eigenvalue weighted by atomic mass is 9.78. The van der Waals surface area contributed by atoms with Crippen molar-refractivity contribution >= 4 is 23.5 Å². The van der Waals surface area contributed by atoms with Crippen molar-refractivity contribution in [2.24, 2.45) is 5.92 Å². The third-order valence-corrected chi connectivity index (χ3v) is 5.20. The second-order valence-electron chi connectivity index (χ2n) is 5.61. The molecular weight excluding hydrogens is 294 g/mol. The Hall–Kier alpha value is -2.01. The molecule has 114 valence electrons. The SMILES string of the molecule is N=CCC(NC(=O)c1cnc(-c2ccccc2)s1)C1CCC1. The zero-order valence-electron chi connectivity index (χ0n) is 12.3. The summed E-state index contributed by atoms with van der Waals surface area (Å²) >= 11 is 1.41. The summed E-state index contributed by atoms with van der Waals surface area (Å²) in [5.41, 5.74) is 1.03. The van der Waals surface area contributed by atoms with Gasteiger partial charge in [-0.1, -0.05) is 36.8 Å². The standard InChI is InChI=1S/C17H19N3OS/c18-10-9-14(12-7-4-8-12)20-16(21)15-11-19-17(22-15)13-5-2-1-3-6-13/h1-3,5-6,10-12,14,18H,4,7-9H2,(H,20,21). The van der Waals surface area contributed by atoms with Gasteiger partial charge in [0.2, 0.25) is 0 Å². The maximum atomic E-state index is 12.4. The Labute approximate surface area is 134 Å². The number of carbonyl (C=O) groups is 1. The molecule has 1 saturated carbocycles. The number of hydrogen-bond donors (Lipinski definition) is 2. The predicted molar refractivity (Wildman–Crippen MR) is 89.5 cm³/mol. The number of aromatic nitrogens is 1. The van der Waals surface area contributed by atoms with Gasteiger partial charge < -0.3 is 10.7 Å². The molecule has 1 unspecified atom stereocenters. The fourth-order valence-electron chi connectivity index (χ4n) is 2.67. The van der Waals surface area contributed by atoms with Gasteiger partial charge in [0.1, 0.15) is 9.88 Å². The third-order valence-electron chi connectivity index (χ3n) is 4.16. The number of benzene rings is 1. The number of thiazole rings is 1. The molecule has 1 heterocycles. The smallest absolute Gasteiger partial charge is 0.263 e. The minimum absolute atomic E-state index is 0.0709. The van der Waals surface area contributed by atoms with Crippen LogP contribution in [0.25, 0.3) is 10.6 Å². The molecule has 1 aromatic heterocycles.